The van der Waals surface area contributed by atoms with Crippen molar-refractivity contribution in [1.82, 2.24) is 4.31 Å². The van der Waals surface area contributed by atoms with E-state index in [0.29, 0.717) is 17.9 Å². The van der Waals surface area contributed by atoms with Crippen LogP contribution >= 0.6 is 0 Å². The van der Waals surface area contributed by atoms with Gasteiger partial charge in [-0.05, 0) is 31.4 Å². The molecule has 1 N–H and O–H groups in total. The fraction of sp³-hybridized carbons (Fsp3) is 0.600. The van der Waals surface area contributed by atoms with Crippen molar-refractivity contribution in [1.29, 1.82) is 0 Å². The molecule has 1 aromatic rings. The van der Waals surface area contributed by atoms with E-state index in [2.05, 4.69) is 0 Å². The predicted octanol–water partition coefficient (Wildman–Crippen LogP) is 2.00. The van der Waals surface area contributed by atoms with Gasteiger partial charge in [0.1, 0.15) is 0 Å². The molecular formula is C15H21NO3S. The minimum Gasteiger partial charge on any atom is -0.393 e. The number of piperidine rings is 1. The van der Waals surface area contributed by atoms with Gasteiger partial charge >= 0.3 is 0 Å². The van der Waals surface area contributed by atoms with Gasteiger partial charge in [0.15, 0.2) is 0 Å². The number of aliphatic hydroxyl groups is 1. The van der Waals surface area contributed by atoms with Gasteiger partial charge in [-0.3, -0.25) is 0 Å². The summed E-state index contributed by atoms with van der Waals surface area (Å²) >= 11 is 0. The number of benzene rings is 1. The topological polar surface area (TPSA) is 57.6 Å². The zero-order chi connectivity index (χ0) is 14.2. The average Bonchev–Trinajstić information content (AvgIpc) is 2.48. The van der Waals surface area contributed by atoms with Crippen LogP contribution in [-0.4, -0.2) is 36.5 Å². The molecule has 0 bridgehead atoms. The van der Waals surface area contributed by atoms with E-state index in [-0.39, 0.29) is 18.1 Å². The molecule has 110 valence electrons. The van der Waals surface area contributed by atoms with Gasteiger partial charge in [-0.1, -0.05) is 31.0 Å². The SMILES string of the molecule is O=S(=O)(c1ccccc1)N1CC[C@@H](O)[C@@H]2CCCC[C@H]21. The number of nitrogens with zero attached hydrogens (tertiary/aromatic N) is 1. The van der Waals surface area contributed by atoms with E-state index in [1.165, 1.54) is 0 Å². The molecule has 0 radical (unpaired) electrons. The van der Waals surface area contributed by atoms with E-state index >= 15 is 0 Å². The molecule has 0 amide bonds. The Hall–Kier alpha value is -0.910. The van der Waals surface area contributed by atoms with Crippen LogP contribution in [0.3, 0.4) is 0 Å². The van der Waals surface area contributed by atoms with Crippen molar-refractivity contribution in [2.75, 3.05) is 6.54 Å². The maximum absolute atomic E-state index is 12.8. The highest BCUT2D eigenvalue weighted by Gasteiger charge is 2.43. The van der Waals surface area contributed by atoms with Crippen LogP contribution in [0.2, 0.25) is 0 Å². The normalized spacial score (nSPS) is 31.8. The smallest absolute Gasteiger partial charge is 0.243 e. The molecular weight excluding hydrogens is 274 g/mol. The van der Waals surface area contributed by atoms with E-state index in [0.717, 1.165) is 25.7 Å². The van der Waals surface area contributed by atoms with Gasteiger partial charge in [0.2, 0.25) is 10.0 Å². The highest BCUT2D eigenvalue weighted by Crippen LogP contribution is 2.38. The minimum atomic E-state index is -3.43. The largest absolute Gasteiger partial charge is 0.393 e. The number of aliphatic hydroxyl groups excluding tert-OH is 1. The quantitative estimate of drug-likeness (QED) is 0.908. The standard InChI is InChI=1S/C15H21NO3S/c17-15-10-11-16(14-9-5-4-8-13(14)15)20(18,19)12-6-2-1-3-7-12/h1-3,6-7,13-15,17H,4-5,8-11H2/t13-,14-,15-/m1/s1. The first-order valence-electron chi connectivity index (χ1n) is 7.35. The number of rotatable bonds is 2. The lowest BCUT2D eigenvalue weighted by Crippen LogP contribution is -2.54. The first kappa shape index (κ1) is 14.0. The third kappa shape index (κ3) is 2.38. The van der Waals surface area contributed by atoms with Crippen molar-refractivity contribution in [3.05, 3.63) is 30.3 Å². The van der Waals surface area contributed by atoms with Crippen molar-refractivity contribution in [3.8, 4) is 0 Å². The first-order chi connectivity index (χ1) is 9.60. The fourth-order valence-electron chi connectivity index (χ4n) is 3.61. The van der Waals surface area contributed by atoms with Gasteiger partial charge in [0.05, 0.1) is 11.0 Å². The second kappa shape index (κ2) is 5.47. The molecule has 2 fully saturated rings. The Morgan fingerprint density at radius 2 is 1.75 bits per heavy atom. The number of hydrogen-bond donors (Lipinski definition) is 1. The lowest BCUT2D eigenvalue weighted by molar-refractivity contribution is -0.00299. The molecule has 1 aliphatic heterocycles. The number of fused-ring (bicyclic) bond motifs is 1. The second-order valence-corrected chi connectivity index (χ2v) is 7.69. The number of sulfonamides is 1. The molecule has 5 heteroatoms. The molecule has 3 rings (SSSR count). The third-order valence-corrected chi connectivity index (χ3v) is 6.58. The van der Waals surface area contributed by atoms with Gasteiger partial charge in [-0.15, -0.1) is 0 Å². The average molecular weight is 295 g/mol. The van der Waals surface area contributed by atoms with Crippen LogP contribution in [0.25, 0.3) is 0 Å². The summed E-state index contributed by atoms with van der Waals surface area (Å²) in [4.78, 5) is 0.362. The predicted molar refractivity (Wildman–Crippen MR) is 76.7 cm³/mol. The Bertz CT molecular complexity index is 558. The lowest BCUT2D eigenvalue weighted by atomic mass is 9.78. The van der Waals surface area contributed by atoms with Gasteiger partial charge in [0.25, 0.3) is 0 Å². The van der Waals surface area contributed by atoms with Crippen molar-refractivity contribution in [2.45, 2.75) is 49.1 Å². The second-order valence-electron chi connectivity index (χ2n) is 5.80. The summed E-state index contributed by atoms with van der Waals surface area (Å²) in [5.41, 5.74) is 0. The molecule has 1 saturated heterocycles. The summed E-state index contributed by atoms with van der Waals surface area (Å²) in [6.45, 7) is 0.430. The van der Waals surface area contributed by atoms with E-state index in [9.17, 15) is 13.5 Å². The summed E-state index contributed by atoms with van der Waals surface area (Å²) in [6, 6.07) is 8.60. The van der Waals surface area contributed by atoms with Crippen molar-refractivity contribution in [3.63, 3.8) is 0 Å². The zero-order valence-electron chi connectivity index (χ0n) is 11.5. The van der Waals surface area contributed by atoms with Gasteiger partial charge in [-0.25, -0.2) is 8.42 Å². The van der Waals surface area contributed by atoms with E-state index in [1.54, 1.807) is 28.6 Å². The summed E-state index contributed by atoms with van der Waals surface area (Å²) in [7, 11) is -3.43. The Kier molecular flexibility index (Phi) is 3.84. The molecule has 3 atom stereocenters. The summed E-state index contributed by atoms with van der Waals surface area (Å²) in [5, 5.41) is 10.1. The minimum absolute atomic E-state index is 0.0299. The highest BCUT2D eigenvalue weighted by atomic mass is 32.2. The summed E-state index contributed by atoms with van der Waals surface area (Å²) in [6.07, 6.45) is 4.15. The first-order valence-corrected chi connectivity index (χ1v) is 8.79. The van der Waals surface area contributed by atoms with Crippen molar-refractivity contribution >= 4 is 10.0 Å². The van der Waals surface area contributed by atoms with Gasteiger partial charge in [-0.2, -0.15) is 4.31 Å². The molecule has 0 unspecified atom stereocenters. The molecule has 1 aliphatic carbocycles. The Labute approximate surface area is 120 Å². The van der Waals surface area contributed by atoms with Crippen molar-refractivity contribution < 1.29 is 13.5 Å². The Balaban J connectivity index is 1.93. The van der Waals surface area contributed by atoms with Gasteiger partial charge < -0.3 is 5.11 Å². The molecule has 4 nitrogen and oxygen atoms in total. The van der Waals surface area contributed by atoms with Gasteiger partial charge in [0, 0.05) is 18.5 Å². The highest BCUT2D eigenvalue weighted by molar-refractivity contribution is 7.89. The molecule has 0 spiro atoms. The summed E-state index contributed by atoms with van der Waals surface area (Å²) in [5.74, 6) is 0.107. The van der Waals surface area contributed by atoms with Crippen LogP contribution in [0.4, 0.5) is 0 Å². The molecule has 20 heavy (non-hydrogen) atoms. The van der Waals surface area contributed by atoms with E-state index in [1.807, 2.05) is 6.07 Å². The monoisotopic (exact) mass is 295 g/mol. The van der Waals surface area contributed by atoms with Crippen molar-refractivity contribution in [2.24, 2.45) is 5.92 Å². The molecule has 1 saturated carbocycles. The van der Waals surface area contributed by atoms with Crippen LogP contribution in [0.1, 0.15) is 32.1 Å². The third-order valence-electron chi connectivity index (χ3n) is 4.64. The maximum atomic E-state index is 12.8. The van der Waals surface area contributed by atoms with E-state index < -0.39 is 10.0 Å². The number of hydrogen-bond acceptors (Lipinski definition) is 3. The molecule has 1 heterocycles. The van der Waals surface area contributed by atoms with Crippen LogP contribution in [-0.2, 0) is 10.0 Å². The maximum Gasteiger partial charge on any atom is 0.243 e. The van der Waals surface area contributed by atoms with Crippen LogP contribution < -0.4 is 0 Å². The van der Waals surface area contributed by atoms with E-state index in [4.69, 9.17) is 0 Å². The Morgan fingerprint density at radius 3 is 2.50 bits per heavy atom. The summed E-state index contributed by atoms with van der Waals surface area (Å²) < 4.78 is 27.2. The zero-order valence-corrected chi connectivity index (χ0v) is 12.3. The van der Waals surface area contributed by atoms with Crippen LogP contribution in [0, 0.1) is 5.92 Å². The molecule has 1 aromatic carbocycles. The molecule has 2 aliphatic rings. The Morgan fingerprint density at radius 1 is 1.05 bits per heavy atom. The lowest BCUT2D eigenvalue weighted by Gasteiger charge is -2.45. The van der Waals surface area contributed by atoms with Crippen LogP contribution in [0.15, 0.2) is 35.2 Å². The molecule has 0 aromatic heterocycles. The van der Waals surface area contributed by atoms with Crippen LogP contribution in [0.5, 0.6) is 0 Å². The fourth-order valence-corrected chi connectivity index (χ4v) is 5.35.